The van der Waals surface area contributed by atoms with Crippen LogP contribution in [-0.2, 0) is 14.9 Å². The SMILES string of the molecule is CCCCCCCCCCCC(=O)Nc1c[nH]c(S(=O)(=O)O)c1O. The van der Waals surface area contributed by atoms with E-state index in [2.05, 4.69) is 17.2 Å². The maximum atomic E-state index is 11.8. The van der Waals surface area contributed by atoms with Crippen molar-refractivity contribution in [1.29, 1.82) is 0 Å². The van der Waals surface area contributed by atoms with Gasteiger partial charge in [-0.3, -0.25) is 9.35 Å². The van der Waals surface area contributed by atoms with Crippen molar-refractivity contribution in [3.8, 4) is 5.75 Å². The van der Waals surface area contributed by atoms with E-state index in [1.54, 1.807) is 0 Å². The molecule has 0 aromatic carbocycles. The lowest BCUT2D eigenvalue weighted by molar-refractivity contribution is -0.116. The number of carbonyl (C=O) groups excluding carboxylic acids is 1. The van der Waals surface area contributed by atoms with Gasteiger partial charge in [0.25, 0.3) is 0 Å². The molecule has 0 spiro atoms. The van der Waals surface area contributed by atoms with Crippen LogP contribution in [0.4, 0.5) is 5.69 Å². The van der Waals surface area contributed by atoms with E-state index in [0.29, 0.717) is 6.42 Å². The lowest BCUT2D eigenvalue weighted by Gasteiger charge is -2.04. The molecule has 138 valence electrons. The molecule has 0 aliphatic carbocycles. The summed E-state index contributed by atoms with van der Waals surface area (Å²) in [5, 5.41) is 11.4. The van der Waals surface area contributed by atoms with Gasteiger partial charge in [-0.1, -0.05) is 58.3 Å². The van der Waals surface area contributed by atoms with Gasteiger partial charge in [-0.05, 0) is 6.42 Å². The Bertz CT molecular complexity index is 610. The van der Waals surface area contributed by atoms with Gasteiger partial charge in [-0.2, -0.15) is 8.42 Å². The van der Waals surface area contributed by atoms with Gasteiger partial charge >= 0.3 is 10.1 Å². The summed E-state index contributed by atoms with van der Waals surface area (Å²) in [6, 6.07) is 0. The summed E-state index contributed by atoms with van der Waals surface area (Å²) in [5.41, 5.74) is -0.0523. The zero-order valence-electron chi connectivity index (χ0n) is 14.2. The van der Waals surface area contributed by atoms with Crippen LogP contribution < -0.4 is 5.32 Å². The zero-order valence-corrected chi connectivity index (χ0v) is 15.0. The van der Waals surface area contributed by atoms with Gasteiger partial charge in [0.1, 0.15) is 5.69 Å². The highest BCUT2D eigenvalue weighted by Gasteiger charge is 2.21. The summed E-state index contributed by atoms with van der Waals surface area (Å²) in [6.45, 7) is 2.20. The molecule has 0 atom stereocenters. The summed E-state index contributed by atoms with van der Waals surface area (Å²) in [5.74, 6) is -0.980. The number of anilines is 1. The van der Waals surface area contributed by atoms with Crippen molar-refractivity contribution >= 4 is 21.7 Å². The zero-order chi connectivity index (χ0) is 18.0. The topological polar surface area (TPSA) is 119 Å². The van der Waals surface area contributed by atoms with E-state index in [1.165, 1.54) is 38.5 Å². The molecule has 1 heterocycles. The fourth-order valence-corrected chi connectivity index (χ4v) is 3.06. The Morgan fingerprint density at radius 1 is 1.08 bits per heavy atom. The molecule has 0 unspecified atom stereocenters. The third-order valence-corrected chi connectivity index (χ3v) is 4.68. The molecular weight excluding hydrogens is 332 g/mol. The number of hydrogen-bond acceptors (Lipinski definition) is 4. The van der Waals surface area contributed by atoms with Gasteiger partial charge in [0, 0.05) is 12.6 Å². The first-order valence-electron chi connectivity index (χ1n) is 8.54. The van der Waals surface area contributed by atoms with E-state index in [4.69, 9.17) is 4.55 Å². The Hall–Kier alpha value is -1.54. The normalized spacial score (nSPS) is 11.6. The minimum Gasteiger partial charge on any atom is -0.503 e. The molecule has 0 radical (unpaired) electrons. The Morgan fingerprint density at radius 2 is 1.62 bits per heavy atom. The van der Waals surface area contributed by atoms with Crippen molar-refractivity contribution in [3.05, 3.63) is 6.20 Å². The standard InChI is InChI=1S/C16H28N2O5S/c1-2-3-4-5-6-7-8-9-10-11-14(19)18-13-12-17-16(15(13)20)24(21,22)23/h12,17,20H,2-11H2,1H3,(H,18,19)(H,21,22,23). The van der Waals surface area contributed by atoms with Crippen LogP contribution in [0.3, 0.4) is 0 Å². The largest absolute Gasteiger partial charge is 0.503 e. The highest BCUT2D eigenvalue weighted by Crippen LogP contribution is 2.30. The average Bonchev–Trinajstić information content (AvgIpc) is 2.86. The molecule has 7 nitrogen and oxygen atoms in total. The van der Waals surface area contributed by atoms with Crippen molar-refractivity contribution in [2.24, 2.45) is 0 Å². The number of carbonyl (C=O) groups is 1. The van der Waals surface area contributed by atoms with Crippen LogP contribution >= 0.6 is 0 Å². The lowest BCUT2D eigenvalue weighted by Crippen LogP contribution is -2.10. The van der Waals surface area contributed by atoms with Gasteiger partial charge in [-0.15, -0.1) is 0 Å². The third-order valence-electron chi connectivity index (χ3n) is 3.86. The first-order chi connectivity index (χ1) is 11.4. The highest BCUT2D eigenvalue weighted by molar-refractivity contribution is 7.85. The van der Waals surface area contributed by atoms with Gasteiger partial charge in [-0.25, -0.2) is 0 Å². The number of aromatic hydroxyl groups is 1. The molecule has 1 aromatic heterocycles. The maximum Gasteiger partial charge on any atom is 0.313 e. The summed E-state index contributed by atoms with van der Waals surface area (Å²) >= 11 is 0. The second kappa shape index (κ2) is 10.4. The number of nitrogens with one attached hydrogen (secondary N) is 2. The summed E-state index contributed by atoms with van der Waals surface area (Å²) in [7, 11) is -4.54. The van der Waals surface area contributed by atoms with Crippen LogP contribution in [0.2, 0.25) is 0 Å². The van der Waals surface area contributed by atoms with Gasteiger partial charge in [0.15, 0.2) is 5.75 Å². The van der Waals surface area contributed by atoms with E-state index < -0.39 is 20.9 Å². The van der Waals surface area contributed by atoms with Crippen LogP contribution in [0.15, 0.2) is 11.2 Å². The van der Waals surface area contributed by atoms with Crippen molar-refractivity contribution in [2.45, 2.75) is 76.2 Å². The van der Waals surface area contributed by atoms with Crippen LogP contribution in [0.5, 0.6) is 5.75 Å². The molecule has 0 aliphatic rings. The summed E-state index contributed by atoms with van der Waals surface area (Å²) < 4.78 is 30.8. The summed E-state index contributed by atoms with van der Waals surface area (Å²) in [4.78, 5) is 14.0. The number of aromatic nitrogens is 1. The molecule has 4 N–H and O–H groups in total. The molecule has 0 saturated heterocycles. The first-order valence-corrected chi connectivity index (χ1v) is 9.98. The van der Waals surface area contributed by atoms with Crippen LogP contribution in [0.25, 0.3) is 0 Å². The second-order valence-electron chi connectivity index (χ2n) is 5.98. The van der Waals surface area contributed by atoms with Gasteiger partial charge in [0.05, 0.1) is 0 Å². The molecule has 8 heteroatoms. The van der Waals surface area contributed by atoms with E-state index >= 15 is 0 Å². The highest BCUT2D eigenvalue weighted by atomic mass is 32.2. The van der Waals surface area contributed by atoms with E-state index in [9.17, 15) is 18.3 Å². The minimum atomic E-state index is -4.54. The lowest BCUT2D eigenvalue weighted by atomic mass is 10.1. The van der Waals surface area contributed by atoms with Crippen LogP contribution in [0.1, 0.15) is 71.1 Å². The predicted molar refractivity (Wildman–Crippen MR) is 92.7 cm³/mol. The Morgan fingerprint density at radius 3 is 2.12 bits per heavy atom. The van der Waals surface area contributed by atoms with E-state index in [-0.39, 0.29) is 11.6 Å². The van der Waals surface area contributed by atoms with E-state index in [1.807, 2.05) is 0 Å². The third kappa shape index (κ3) is 7.35. The predicted octanol–water partition coefficient (Wildman–Crippen LogP) is 3.83. The molecule has 1 rings (SSSR count). The smallest absolute Gasteiger partial charge is 0.313 e. The van der Waals surface area contributed by atoms with Crippen molar-refractivity contribution < 1.29 is 22.9 Å². The molecule has 0 fully saturated rings. The fourth-order valence-electron chi connectivity index (χ4n) is 2.50. The fraction of sp³-hybridized carbons (Fsp3) is 0.688. The number of H-pyrrole nitrogens is 1. The van der Waals surface area contributed by atoms with Crippen molar-refractivity contribution in [2.75, 3.05) is 5.32 Å². The van der Waals surface area contributed by atoms with Gasteiger partial charge in [0.2, 0.25) is 10.9 Å². The Labute approximate surface area is 143 Å². The van der Waals surface area contributed by atoms with E-state index in [0.717, 1.165) is 25.5 Å². The molecule has 0 saturated carbocycles. The maximum absolute atomic E-state index is 11.8. The summed E-state index contributed by atoms with van der Waals surface area (Å²) in [6.07, 6.45) is 11.8. The average molecular weight is 360 g/mol. The monoisotopic (exact) mass is 360 g/mol. The number of rotatable bonds is 12. The quantitative estimate of drug-likeness (QED) is 0.333. The van der Waals surface area contributed by atoms with Crippen LogP contribution in [0, 0.1) is 0 Å². The number of amides is 1. The first kappa shape index (κ1) is 20.5. The number of aromatic amines is 1. The van der Waals surface area contributed by atoms with Crippen LogP contribution in [-0.4, -0.2) is 29.0 Å². The molecule has 0 bridgehead atoms. The molecule has 1 aromatic rings. The Kier molecular flexibility index (Phi) is 8.84. The molecule has 0 aliphatic heterocycles. The van der Waals surface area contributed by atoms with Crippen molar-refractivity contribution in [3.63, 3.8) is 0 Å². The minimum absolute atomic E-state index is 0.0523. The Balaban J connectivity index is 2.20. The molecular formula is C16H28N2O5S. The van der Waals surface area contributed by atoms with Crippen molar-refractivity contribution in [1.82, 2.24) is 4.98 Å². The molecule has 1 amide bonds. The second-order valence-corrected chi connectivity index (χ2v) is 7.34. The number of hydrogen-bond donors (Lipinski definition) is 4. The number of unbranched alkanes of at least 4 members (excludes halogenated alkanes) is 8. The van der Waals surface area contributed by atoms with Gasteiger partial charge < -0.3 is 15.4 Å². The molecule has 24 heavy (non-hydrogen) atoms.